The Bertz CT molecular complexity index is 555. The van der Waals surface area contributed by atoms with E-state index in [-0.39, 0.29) is 0 Å². The second-order valence-electron chi connectivity index (χ2n) is 5.35. The molecule has 0 aliphatic rings. The first-order valence-corrected chi connectivity index (χ1v) is 8.12. The Kier molecular flexibility index (Phi) is 9.31. The predicted molar refractivity (Wildman–Crippen MR) is 92.5 cm³/mol. The number of unbranched alkanes of at least 4 members (excludes halogenated alkanes) is 1. The van der Waals surface area contributed by atoms with E-state index < -0.39 is 0 Å². The largest absolute Gasteiger partial charge is 0.496 e. The highest BCUT2D eigenvalue weighted by atomic mass is 16.5. The van der Waals surface area contributed by atoms with Crippen molar-refractivity contribution in [2.45, 2.75) is 39.5 Å². The molecule has 0 heterocycles. The zero-order valence-electron chi connectivity index (χ0n) is 14.3. The van der Waals surface area contributed by atoms with Crippen LogP contribution in [0.1, 0.15) is 45.1 Å². The van der Waals surface area contributed by atoms with Crippen LogP contribution in [0, 0.1) is 29.4 Å². The SMILES string of the molecule is CCCCC(CC)COC(=[C]C#N)C=Cc1cc[c]c(OC)c1. The molecule has 0 aromatic heterocycles. The predicted octanol–water partition coefficient (Wildman–Crippen LogP) is 4.95. The Morgan fingerprint density at radius 2 is 2.26 bits per heavy atom. The molecule has 2 radical (unpaired) electrons. The maximum Gasteiger partial charge on any atom is 0.138 e. The number of methoxy groups -OCH3 is 1. The van der Waals surface area contributed by atoms with Crippen LogP contribution in [0.25, 0.3) is 6.08 Å². The summed E-state index contributed by atoms with van der Waals surface area (Å²) < 4.78 is 10.9. The summed E-state index contributed by atoms with van der Waals surface area (Å²) in [5, 5.41) is 8.86. The summed E-state index contributed by atoms with van der Waals surface area (Å²) in [6, 6.07) is 10.5. The van der Waals surface area contributed by atoms with Crippen LogP contribution >= 0.6 is 0 Å². The van der Waals surface area contributed by atoms with E-state index in [1.807, 2.05) is 24.3 Å². The quantitative estimate of drug-likeness (QED) is 0.349. The third-order valence-corrected chi connectivity index (χ3v) is 3.64. The highest BCUT2D eigenvalue weighted by molar-refractivity contribution is 5.53. The van der Waals surface area contributed by atoms with Crippen molar-refractivity contribution in [3.05, 3.63) is 47.7 Å². The van der Waals surface area contributed by atoms with Gasteiger partial charge in [0.05, 0.1) is 13.7 Å². The van der Waals surface area contributed by atoms with Gasteiger partial charge in [0, 0.05) is 6.07 Å². The van der Waals surface area contributed by atoms with E-state index in [0.29, 0.717) is 24.0 Å². The molecule has 1 rings (SSSR count). The number of hydrogen-bond donors (Lipinski definition) is 0. The van der Waals surface area contributed by atoms with E-state index in [9.17, 15) is 0 Å². The highest BCUT2D eigenvalue weighted by Gasteiger charge is 2.07. The average molecular weight is 311 g/mol. The molecule has 1 atom stereocenters. The molecular formula is C20H25NO2. The topological polar surface area (TPSA) is 42.2 Å². The van der Waals surface area contributed by atoms with Crippen molar-refractivity contribution < 1.29 is 9.47 Å². The minimum Gasteiger partial charge on any atom is -0.496 e. The van der Waals surface area contributed by atoms with Crippen molar-refractivity contribution in [1.29, 1.82) is 5.26 Å². The number of nitriles is 1. The standard InChI is InChI=1S/C20H25NO2/c1-4-6-8-17(5-2)16-23-19(13-14-21)12-11-18-9-7-10-20(15-18)22-3/h7,9,11-12,15,17H,4-6,8,16H2,1-3H3. The summed E-state index contributed by atoms with van der Waals surface area (Å²) >= 11 is 0. The van der Waals surface area contributed by atoms with Crippen LogP contribution in [0.4, 0.5) is 0 Å². The number of nitrogens with zero attached hydrogens (tertiary/aromatic N) is 1. The number of ether oxygens (including phenoxy) is 2. The van der Waals surface area contributed by atoms with Gasteiger partial charge in [-0.3, -0.25) is 0 Å². The van der Waals surface area contributed by atoms with Crippen molar-refractivity contribution in [2.24, 2.45) is 5.92 Å². The van der Waals surface area contributed by atoms with Crippen molar-refractivity contribution in [3.63, 3.8) is 0 Å². The monoisotopic (exact) mass is 311 g/mol. The molecule has 1 aromatic rings. The van der Waals surface area contributed by atoms with Gasteiger partial charge in [-0.25, -0.2) is 0 Å². The molecule has 0 saturated heterocycles. The summed E-state index contributed by atoms with van der Waals surface area (Å²) in [5.41, 5.74) is 0.958. The van der Waals surface area contributed by atoms with Gasteiger partial charge in [-0.2, -0.15) is 5.26 Å². The Morgan fingerprint density at radius 1 is 1.43 bits per heavy atom. The number of rotatable bonds is 10. The first kappa shape index (κ1) is 18.8. The molecule has 23 heavy (non-hydrogen) atoms. The van der Waals surface area contributed by atoms with Crippen LogP contribution in [0.3, 0.4) is 0 Å². The molecule has 0 aliphatic heterocycles. The lowest BCUT2D eigenvalue weighted by atomic mass is 10.0. The number of allylic oxidation sites excluding steroid dienone is 2. The lowest BCUT2D eigenvalue weighted by Gasteiger charge is -2.15. The van der Waals surface area contributed by atoms with Crippen molar-refractivity contribution in [3.8, 4) is 11.8 Å². The van der Waals surface area contributed by atoms with Gasteiger partial charge in [0.1, 0.15) is 23.7 Å². The van der Waals surface area contributed by atoms with Gasteiger partial charge in [-0.05, 0) is 36.1 Å². The maximum atomic E-state index is 8.86. The summed E-state index contributed by atoms with van der Waals surface area (Å²) in [6.45, 7) is 4.98. The van der Waals surface area contributed by atoms with Gasteiger partial charge < -0.3 is 9.47 Å². The van der Waals surface area contributed by atoms with Crippen LogP contribution in [0.2, 0.25) is 0 Å². The van der Waals surface area contributed by atoms with E-state index in [1.54, 1.807) is 19.3 Å². The zero-order valence-corrected chi connectivity index (χ0v) is 14.3. The maximum absolute atomic E-state index is 8.86. The van der Waals surface area contributed by atoms with Gasteiger partial charge in [0.15, 0.2) is 0 Å². The lowest BCUT2D eigenvalue weighted by Crippen LogP contribution is -2.08. The highest BCUT2D eigenvalue weighted by Crippen LogP contribution is 2.17. The molecule has 122 valence electrons. The molecule has 3 nitrogen and oxygen atoms in total. The fourth-order valence-electron chi connectivity index (χ4n) is 2.14. The van der Waals surface area contributed by atoms with Crippen molar-refractivity contribution in [1.82, 2.24) is 0 Å². The number of hydrogen-bond acceptors (Lipinski definition) is 3. The molecule has 0 aliphatic carbocycles. The van der Waals surface area contributed by atoms with E-state index in [1.165, 1.54) is 12.8 Å². The first-order valence-electron chi connectivity index (χ1n) is 8.12. The molecule has 0 spiro atoms. The number of benzene rings is 1. The minimum absolute atomic E-state index is 0.467. The van der Waals surface area contributed by atoms with E-state index in [4.69, 9.17) is 14.7 Å². The second kappa shape index (κ2) is 11.4. The summed E-state index contributed by atoms with van der Waals surface area (Å²) in [7, 11) is 1.61. The normalized spacial score (nSPS) is 12.9. The molecular weight excluding hydrogens is 286 g/mol. The zero-order chi connectivity index (χ0) is 16.9. The van der Waals surface area contributed by atoms with Crippen molar-refractivity contribution >= 4 is 6.08 Å². The second-order valence-corrected chi connectivity index (χ2v) is 5.35. The van der Waals surface area contributed by atoms with E-state index >= 15 is 0 Å². The van der Waals surface area contributed by atoms with E-state index in [0.717, 1.165) is 18.4 Å². The average Bonchev–Trinajstić information content (AvgIpc) is 2.59. The molecule has 0 N–H and O–H groups in total. The Morgan fingerprint density at radius 3 is 2.91 bits per heavy atom. The van der Waals surface area contributed by atoms with E-state index in [2.05, 4.69) is 26.0 Å². The minimum atomic E-state index is 0.467. The van der Waals surface area contributed by atoms with Crippen LogP contribution in [-0.4, -0.2) is 13.7 Å². The summed E-state index contributed by atoms with van der Waals surface area (Å²) in [4.78, 5) is 0. The van der Waals surface area contributed by atoms with Gasteiger partial charge in [0.2, 0.25) is 0 Å². The third kappa shape index (κ3) is 7.56. The molecule has 3 heteroatoms. The lowest BCUT2D eigenvalue weighted by molar-refractivity contribution is 0.164. The smallest absolute Gasteiger partial charge is 0.138 e. The molecule has 0 fully saturated rings. The fraction of sp³-hybridized carbons (Fsp3) is 0.450. The Balaban J connectivity index is 2.66. The third-order valence-electron chi connectivity index (χ3n) is 3.64. The Hall–Kier alpha value is -2.21. The van der Waals surface area contributed by atoms with Gasteiger partial charge >= 0.3 is 0 Å². The molecule has 1 unspecified atom stereocenters. The van der Waals surface area contributed by atoms with Gasteiger partial charge in [0.25, 0.3) is 0 Å². The molecule has 0 bridgehead atoms. The summed E-state index contributed by atoms with van der Waals surface area (Å²) in [5.74, 6) is 1.66. The van der Waals surface area contributed by atoms with Crippen LogP contribution in [0.5, 0.6) is 5.75 Å². The molecule has 0 amide bonds. The Labute approximate surface area is 140 Å². The van der Waals surface area contributed by atoms with Crippen LogP contribution in [-0.2, 0) is 4.74 Å². The van der Waals surface area contributed by atoms with Crippen LogP contribution in [0.15, 0.2) is 30.0 Å². The van der Waals surface area contributed by atoms with Gasteiger partial charge in [-0.15, -0.1) is 0 Å². The summed E-state index contributed by atoms with van der Waals surface area (Å²) in [6.07, 6.45) is 10.9. The molecule has 0 saturated carbocycles. The fourth-order valence-corrected chi connectivity index (χ4v) is 2.14. The van der Waals surface area contributed by atoms with Gasteiger partial charge in [-0.1, -0.05) is 45.3 Å². The van der Waals surface area contributed by atoms with Crippen molar-refractivity contribution in [2.75, 3.05) is 13.7 Å². The first-order chi connectivity index (χ1) is 11.2. The molecule has 1 aromatic carbocycles. The van der Waals surface area contributed by atoms with Crippen LogP contribution < -0.4 is 4.74 Å².